The third-order valence-electron chi connectivity index (χ3n) is 3.39. The van der Waals surface area contributed by atoms with Gasteiger partial charge in [-0.15, -0.1) is 0 Å². The highest BCUT2D eigenvalue weighted by molar-refractivity contribution is 6.42. The van der Waals surface area contributed by atoms with Crippen LogP contribution in [-0.2, 0) is 0 Å². The molecule has 128 valence electrons. The van der Waals surface area contributed by atoms with Crippen LogP contribution in [0.2, 0.25) is 10.0 Å². The first-order chi connectivity index (χ1) is 12.6. The maximum Gasteiger partial charge on any atom is 0.258 e. The molecule has 0 aliphatic carbocycles. The SMILES string of the molecule is N#Cc1ccccc1Nc1ncc(C(=O)Nc2ccc(Cl)c(Cl)c2)cn1. The molecule has 0 unspecified atom stereocenters. The predicted molar refractivity (Wildman–Crippen MR) is 101 cm³/mol. The Kier molecular flexibility index (Phi) is 5.32. The van der Waals surface area contributed by atoms with Crippen LogP contribution < -0.4 is 10.6 Å². The number of amides is 1. The van der Waals surface area contributed by atoms with Gasteiger partial charge in [-0.2, -0.15) is 5.26 Å². The van der Waals surface area contributed by atoms with E-state index in [9.17, 15) is 4.79 Å². The minimum absolute atomic E-state index is 0.273. The Balaban J connectivity index is 1.71. The molecular formula is C18H11Cl2N5O. The smallest absolute Gasteiger partial charge is 0.258 e. The van der Waals surface area contributed by atoms with Gasteiger partial charge in [-0.3, -0.25) is 4.79 Å². The van der Waals surface area contributed by atoms with E-state index in [0.717, 1.165) is 0 Å². The van der Waals surface area contributed by atoms with E-state index < -0.39 is 0 Å². The van der Waals surface area contributed by atoms with Gasteiger partial charge >= 0.3 is 0 Å². The summed E-state index contributed by atoms with van der Waals surface area (Å²) in [6.07, 6.45) is 2.77. The fourth-order valence-corrected chi connectivity index (χ4v) is 2.40. The number of hydrogen-bond donors (Lipinski definition) is 2. The number of hydrogen-bond acceptors (Lipinski definition) is 5. The minimum Gasteiger partial charge on any atom is -0.323 e. The van der Waals surface area contributed by atoms with E-state index in [1.54, 1.807) is 42.5 Å². The number of para-hydroxylation sites is 1. The summed E-state index contributed by atoms with van der Waals surface area (Å²) in [4.78, 5) is 20.5. The van der Waals surface area contributed by atoms with Crippen LogP contribution >= 0.6 is 23.2 Å². The van der Waals surface area contributed by atoms with E-state index in [1.807, 2.05) is 0 Å². The van der Waals surface area contributed by atoms with E-state index in [0.29, 0.717) is 27.0 Å². The number of rotatable bonds is 4. The summed E-state index contributed by atoms with van der Waals surface area (Å²) in [5, 5.41) is 15.5. The van der Waals surface area contributed by atoms with Crippen molar-refractivity contribution in [2.24, 2.45) is 0 Å². The van der Waals surface area contributed by atoms with Crippen molar-refractivity contribution in [3.05, 3.63) is 76.0 Å². The zero-order valence-electron chi connectivity index (χ0n) is 13.2. The van der Waals surface area contributed by atoms with Crippen molar-refractivity contribution < 1.29 is 4.79 Å². The van der Waals surface area contributed by atoms with E-state index in [2.05, 4.69) is 26.7 Å². The van der Waals surface area contributed by atoms with Gasteiger partial charge in [-0.1, -0.05) is 35.3 Å². The third-order valence-corrected chi connectivity index (χ3v) is 4.12. The molecule has 1 aromatic heterocycles. The largest absolute Gasteiger partial charge is 0.323 e. The van der Waals surface area contributed by atoms with Crippen LogP contribution in [0.3, 0.4) is 0 Å². The van der Waals surface area contributed by atoms with Gasteiger partial charge in [0.25, 0.3) is 5.91 Å². The van der Waals surface area contributed by atoms with Crippen molar-refractivity contribution in [2.75, 3.05) is 10.6 Å². The number of anilines is 3. The monoisotopic (exact) mass is 383 g/mol. The Bertz CT molecular complexity index is 999. The molecule has 0 aliphatic rings. The fourth-order valence-electron chi connectivity index (χ4n) is 2.10. The Hall–Kier alpha value is -3.14. The summed E-state index contributed by atoms with van der Waals surface area (Å²) < 4.78 is 0. The van der Waals surface area contributed by atoms with Crippen LogP contribution in [0.5, 0.6) is 0 Å². The number of carbonyl (C=O) groups excluding carboxylic acids is 1. The maximum atomic E-state index is 12.2. The second-order valence-electron chi connectivity index (χ2n) is 5.16. The van der Waals surface area contributed by atoms with E-state index in [4.69, 9.17) is 28.5 Å². The lowest BCUT2D eigenvalue weighted by molar-refractivity contribution is 0.102. The number of benzene rings is 2. The normalized spacial score (nSPS) is 10.0. The molecule has 0 atom stereocenters. The molecule has 6 nitrogen and oxygen atoms in total. The van der Waals surface area contributed by atoms with Gasteiger partial charge in [0.2, 0.25) is 5.95 Å². The molecular weight excluding hydrogens is 373 g/mol. The lowest BCUT2D eigenvalue weighted by atomic mass is 10.2. The number of nitrogens with one attached hydrogen (secondary N) is 2. The van der Waals surface area contributed by atoms with Crippen LogP contribution in [0.15, 0.2) is 54.9 Å². The van der Waals surface area contributed by atoms with Crippen LogP contribution in [-0.4, -0.2) is 15.9 Å². The van der Waals surface area contributed by atoms with E-state index in [1.165, 1.54) is 12.4 Å². The first-order valence-corrected chi connectivity index (χ1v) is 8.17. The Morgan fingerprint density at radius 1 is 1.04 bits per heavy atom. The molecule has 3 rings (SSSR count). The average molecular weight is 384 g/mol. The van der Waals surface area contributed by atoms with Crippen molar-refractivity contribution in [3.8, 4) is 6.07 Å². The Morgan fingerprint density at radius 3 is 2.46 bits per heavy atom. The first kappa shape index (κ1) is 17.7. The molecule has 1 amide bonds. The molecule has 26 heavy (non-hydrogen) atoms. The van der Waals surface area contributed by atoms with Crippen molar-refractivity contribution in [3.63, 3.8) is 0 Å². The van der Waals surface area contributed by atoms with Gasteiger partial charge in [0, 0.05) is 18.1 Å². The molecule has 3 aromatic rings. The molecule has 0 radical (unpaired) electrons. The molecule has 0 saturated heterocycles. The summed E-state index contributed by atoms with van der Waals surface area (Å²) >= 11 is 11.8. The first-order valence-electron chi connectivity index (χ1n) is 7.41. The second-order valence-corrected chi connectivity index (χ2v) is 5.98. The number of aromatic nitrogens is 2. The highest BCUT2D eigenvalue weighted by atomic mass is 35.5. The van der Waals surface area contributed by atoms with Crippen LogP contribution in [0, 0.1) is 11.3 Å². The lowest BCUT2D eigenvalue weighted by Crippen LogP contribution is -2.13. The average Bonchev–Trinajstić information content (AvgIpc) is 2.66. The lowest BCUT2D eigenvalue weighted by Gasteiger charge is -2.08. The molecule has 0 aliphatic heterocycles. The Morgan fingerprint density at radius 2 is 1.77 bits per heavy atom. The highest BCUT2D eigenvalue weighted by Crippen LogP contribution is 2.25. The fraction of sp³-hybridized carbons (Fsp3) is 0. The van der Waals surface area contributed by atoms with Gasteiger partial charge in [-0.25, -0.2) is 9.97 Å². The molecule has 8 heteroatoms. The van der Waals surface area contributed by atoms with Crippen LogP contribution in [0.1, 0.15) is 15.9 Å². The number of nitriles is 1. The highest BCUT2D eigenvalue weighted by Gasteiger charge is 2.10. The van der Waals surface area contributed by atoms with Crippen LogP contribution in [0.4, 0.5) is 17.3 Å². The summed E-state index contributed by atoms with van der Waals surface area (Å²) in [5.74, 6) is -0.105. The molecule has 2 N–H and O–H groups in total. The standard InChI is InChI=1S/C18H11Cl2N5O/c19-14-6-5-13(7-15(14)20)24-17(26)12-9-22-18(23-10-12)25-16-4-2-1-3-11(16)8-21/h1-7,9-10H,(H,24,26)(H,22,23,25). The van der Waals surface area contributed by atoms with Gasteiger partial charge in [0.1, 0.15) is 6.07 Å². The molecule has 0 spiro atoms. The zero-order chi connectivity index (χ0) is 18.5. The maximum absolute atomic E-state index is 12.2. The van der Waals surface area contributed by atoms with Gasteiger partial charge in [-0.05, 0) is 30.3 Å². The summed E-state index contributed by atoms with van der Waals surface area (Å²) in [6, 6.07) is 13.8. The summed E-state index contributed by atoms with van der Waals surface area (Å²) in [6.45, 7) is 0. The number of halogens is 2. The van der Waals surface area contributed by atoms with Gasteiger partial charge < -0.3 is 10.6 Å². The number of carbonyl (C=O) groups is 1. The molecule has 0 bridgehead atoms. The van der Waals surface area contributed by atoms with Crippen molar-refractivity contribution in [1.82, 2.24) is 9.97 Å². The summed E-state index contributed by atoms with van der Waals surface area (Å²) in [7, 11) is 0. The quantitative estimate of drug-likeness (QED) is 0.683. The van der Waals surface area contributed by atoms with E-state index >= 15 is 0 Å². The number of nitrogens with zero attached hydrogens (tertiary/aromatic N) is 3. The molecule has 1 heterocycles. The molecule has 2 aromatic carbocycles. The second kappa shape index (κ2) is 7.83. The van der Waals surface area contributed by atoms with Gasteiger partial charge in [0.15, 0.2) is 0 Å². The minimum atomic E-state index is -0.382. The zero-order valence-corrected chi connectivity index (χ0v) is 14.7. The summed E-state index contributed by atoms with van der Waals surface area (Å²) in [5.41, 5.74) is 1.84. The van der Waals surface area contributed by atoms with Crippen molar-refractivity contribution in [1.29, 1.82) is 5.26 Å². The topological polar surface area (TPSA) is 90.7 Å². The molecule has 0 fully saturated rings. The Labute approximate surface area is 159 Å². The van der Waals surface area contributed by atoms with Crippen LogP contribution in [0.25, 0.3) is 0 Å². The predicted octanol–water partition coefficient (Wildman–Crippen LogP) is 4.65. The van der Waals surface area contributed by atoms with E-state index in [-0.39, 0.29) is 17.4 Å². The molecule has 0 saturated carbocycles. The van der Waals surface area contributed by atoms with Crippen molar-refractivity contribution >= 4 is 46.4 Å². The van der Waals surface area contributed by atoms with Gasteiger partial charge in [0.05, 0.1) is 26.9 Å². The third kappa shape index (κ3) is 4.09. The van der Waals surface area contributed by atoms with Crippen molar-refractivity contribution in [2.45, 2.75) is 0 Å².